The van der Waals surface area contributed by atoms with Crippen LogP contribution in [0.15, 0.2) is 30.5 Å². The smallest absolute Gasteiger partial charge is 0.173 e. The molecule has 5 heteroatoms. The van der Waals surface area contributed by atoms with Crippen molar-refractivity contribution in [2.45, 2.75) is 6.29 Å². The zero-order chi connectivity index (χ0) is 13.0. The molecule has 0 fully saturated rings. The molecule has 1 aromatic heterocycles. The van der Waals surface area contributed by atoms with Gasteiger partial charge in [0, 0.05) is 36.5 Å². The number of methoxy groups -OCH3 is 2. The fraction of sp³-hybridized carbons (Fsp3) is 0.308. The highest BCUT2D eigenvalue weighted by molar-refractivity contribution is 6.31. The van der Waals surface area contributed by atoms with Gasteiger partial charge in [0.1, 0.15) is 0 Å². The molecule has 0 unspecified atom stereocenters. The van der Waals surface area contributed by atoms with Crippen molar-refractivity contribution in [3.63, 3.8) is 0 Å². The number of pyridine rings is 1. The number of ether oxygens (including phenoxy) is 2. The summed E-state index contributed by atoms with van der Waals surface area (Å²) in [5.74, 6) is 0. The number of halogens is 1. The number of hydrogen-bond acceptors (Lipinski definition) is 4. The zero-order valence-corrected chi connectivity index (χ0v) is 11.1. The molecule has 0 saturated carbocycles. The van der Waals surface area contributed by atoms with Crippen molar-refractivity contribution in [2.24, 2.45) is 0 Å². The molecule has 0 aliphatic heterocycles. The maximum atomic E-state index is 6.00. The molecular formula is C13H15ClN2O2. The average Bonchev–Trinajstić information content (AvgIpc) is 2.40. The van der Waals surface area contributed by atoms with Crippen molar-refractivity contribution in [1.29, 1.82) is 0 Å². The topological polar surface area (TPSA) is 43.4 Å². The Hall–Kier alpha value is -1.36. The highest BCUT2D eigenvalue weighted by Crippen LogP contribution is 2.24. The molecule has 4 nitrogen and oxygen atoms in total. The Kier molecular flexibility index (Phi) is 4.36. The highest BCUT2D eigenvalue weighted by Gasteiger charge is 2.07. The number of rotatable bonds is 5. The van der Waals surface area contributed by atoms with Crippen LogP contribution < -0.4 is 5.32 Å². The second kappa shape index (κ2) is 6.00. The van der Waals surface area contributed by atoms with Crippen LogP contribution >= 0.6 is 11.6 Å². The van der Waals surface area contributed by atoms with E-state index < -0.39 is 0 Å². The number of anilines is 1. The monoisotopic (exact) mass is 266 g/mol. The van der Waals surface area contributed by atoms with Gasteiger partial charge in [-0.2, -0.15) is 0 Å². The van der Waals surface area contributed by atoms with Crippen molar-refractivity contribution >= 4 is 28.2 Å². The van der Waals surface area contributed by atoms with Crippen molar-refractivity contribution in [3.8, 4) is 0 Å². The van der Waals surface area contributed by atoms with Crippen LogP contribution in [0, 0.1) is 0 Å². The lowest BCUT2D eigenvalue weighted by Gasteiger charge is -2.16. The molecule has 2 aromatic rings. The van der Waals surface area contributed by atoms with Gasteiger partial charge in [-0.3, -0.25) is 4.98 Å². The van der Waals surface area contributed by atoms with Crippen LogP contribution in [0.25, 0.3) is 10.9 Å². The van der Waals surface area contributed by atoms with Crippen molar-refractivity contribution in [3.05, 3.63) is 35.5 Å². The second-order valence-electron chi connectivity index (χ2n) is 3.80. The van der Waals surface area contributed by atoms with E-state index in [-0.39, 0.29) is 6.29 Å². The van der Waals surface area contributed by atoms with E-state index in [0.29, 0.717) is 11.6 Å². The summed E-state index contributed by atoms with van der Waals surface area (Å²) < 4.78 is 10.3. The quantitative estimate of drug-likeness (QED) is 0.845. The number of nitrogens with one attached hydrogen (secondary N) is 1. The molecule has 0 aliphatic carbocycles. The molecule has 1 heterocycles. The van der Waals surface area contributed by atoms with Gasteiger partial charge in [-0.05, 0) is 24.3 Å². The van der Waals surface area contributed by atoms with E-state index in [9.17, 15) is 0 Å². The molecule has 18 heavy (non-hydrogen) atoms. The molecule has 0 radical (unpaired) electrons. The summed E-state index contributed by atoms with van der Waals surface area (Å²) in [7, 11) is 3.22. The van der Waals surface area contributed by atoms with Crippen LogP contribution in [-0.2, 0) is 9.47 Å². The number of benzene rings is 1. The van der Waals surface area contributed by atoms with Gasteiger partial charge in [-0.25, -0.2) is 0 Å². The lowest BCUT2D eigenvalue weighted by Crippen LogP contribution is -2.23. The summed E-state index contributed by atoms with van der Waals surface area (Å²) in [6.45, 7) is 0.554. The van der Waals surface area contributed by atoms with Gasteiger partial charge >= 0.3 is 0 Å². The first kappa shape index (κ1) is 13.1. The minimum Gasteiger partial charge on any atom is -0.379 e. The molecule has 2 rings (SSSR count). The van der Waals surface area contributed by atoms with E-state index in [4.69, 9.17) is 21.1 Å². The molecule has 0 saturated heterocycles. The lowest BCUT2D eigenvalue weighted by molar-refractivity contribution is -0.0913. The molecular weight excluding hydrogens is 252 g/mol. The molecule has 1 aromatic carbocycles. The molecule has 1 N–H and O–H groups in total. The standard InChI is InChI=1S/C13H15ClN2O2/c1-17-13(18-2)8-16-12-5-6-15-11-4-3-9(14)7-10(11)12/h3-7,13H,8H2,1-2H3,(H,15,16). The fourth-order valence-corrected chi connectivity index (χ4v) is 1.90. The first-order valence-electron chi connectivity index (χ1n) is 5.58. The number of hydrogen-bond donors (Lipinski definition) is 1. The Balaban J connectivity index is 2.24. The third kappa shape index (κ3) is 2.90. The largest absolute Gasteiger partial charge is 0.379 e. The van der Waals surface area contributed by atoms with Crippen molar-refractivity contribution < 1.29 is 9.47 Å². The van der Waals surface area contributed by atoms with Gasteiger partial charge in [0.2, 0.25) is 0 Å². The van der Waals surface area contributed by atoms with Gasteiger partial charge in [-0.15, -0.1) is 0 Å². The van der Waals surface area contributed by atoms with E-state index in [1.54, 1.807) is 20.4 Å². The maximum Gasteiger partial charge on any atom is 0.173 e. The number of nitrogens with zero attached hydrogens (tertiary/aromatic N) is 1. The first-order chi connectivity index (χ1) is 8.74. The first-order valence-corrected chi connectivity index (χ1v) is 5.96. The summed E-state index contributed by atoms with van der Waals surface area (Å²) in [4.78, 5) is 4.29. The summed E-state index contributed by atoms with van der Waals surface area (Å²) in [5.41, 5.74) is 1.86. The molecule has 0 bridgehead atoms. The van der Waals surface area contributed by atoms with Gasteiger partial charge in [-0.1, -0.05) is 11.6 Å². The van der Waals surface area contributed by atoms with E-state index in [0.717, 1.165) is 16.6 Å². The Morgan fingerprint density at radius 1 is 1.28 bits per heavy atom. The Bertz CT molecular complexity index is 529. The number of fused-ring (bicyclic) bond motifs is 1. The summed E-state index contributed by atoms with van der Waals surface area (Å²) >= 11 is 6.00. The summed E-state index contributed by atoms with van der Waals surface area (Å²) in [5, 5.41) is 4.94. The fourth-order valence-electron chi connectivity index (χ4n) is 1.73. The number of aromatic nitrogens is 1. The van der Waals surface area contributed by atoms with Gasteiger partial charge in [0.05, 0.1) is 12.1 Å². The summed E-state index contributed by atoms with van der Waals surface area (Å²) in [6, 6.07) is 7.52. The van der Waals surface area contributed by atoms with E-state index >= 15 is 0 Å². The van der Waals surface area contributed by atoms with E-state index in [1.807, 2.05) is 24.3 Å². The third-order valence-electron chi connectivity index (χ3n) is 2.69. The normalized spacial score (nSPS) is 11.1. The van der Waals surface area contributed by atoms with Crippen molar-refractivity contribution in [2.75, 3.05) is 26.1 Å². The predicted molar refractivity (Wildman–Crippen MR) is 73.0 cm³/mol. The molecule has 0 spiro atoms. The van der Waals surface area contributed by atoms with Crippen molar-refractivity contribution in [1.82, 2.24) is 4.98 Å². The van der Waals surface area contributed by atoms with Crippen LogP contribution in [0.1, 0.15) is 0 Å². The van der Waals surface area contributed by atoms with Gasteiger partial charge in [0.15, 0.2) is 6.29 Å². The van der Waals surface area contributed by atoms with Crippen LogP contribution in [0.2, 0.25) is 5.02 Å². The molecule has 0 amide bonds. The van der Waals surface area contributed by atoms with Crippen LogP contribution in [0.4, 0.5) is 5.69 Å². The molecule has 0 atom stereocenters. The maximum absolute atomic E-state index is 6.00. The van der Waals surface area contributed by atoms with Gasteiger partial charge < -0.3 is 14.8 Å². The Morgan fingerprint density at radius 3 is 2.78 bits per heavy atom. The molecule has 96 valence electrons. The van der Waals surface area contributed by atoms with E-state index in [1.165, 1.54) is 0 Å². The average molecular weight is 267 g/mol. The zero-order valence-electron chi connectivity index (χ0n) is 10.3. The van der Waals surface area contributed by atoms with Gasteiger partial charge in [0.25, 0.3) is 0 Å². The summed E-state index contributed by atoms with van der Waals surface area (Å²) in [6.07, 6.45) is 1.47. The molecule has 0 aliphatic rings. The SMILES string of the molecule is COC(CNc1ccnc2ccc(Cl)cc12)OC. The lowest BCUT2D eigenvalue weighted by atomic mass is 10.2. The predicted octanol–water partition coefficient (Wildman–Crippen LogP) is 2.92. The minimum absolute atomic E-state index is 0.285. The van der Waals surface area contributed by atoms with Crippen LogP contribution in [0.5, 0.6) is 0 Å². The van der Waals surface area contributed by atoms with Crippen LogP contribution in [-0.4, -0.2) is 32.0 Å². The minimum atomic E-state index is -0.285. The Labute approximate surface area is 111 Å². The van der Waals surface area contributed by atoms with Crippen LogP contribution in [0.3, 0.4) is 0 Å². The second-order valence-corrected chi connectivity index (χ2v) is 4.24. The third-order valence-corrected chi connectivity index (χ3v) is 2.92. The van der Waals surface area contributed by atoms with E-state index in [2.05, 4.69) is 10.3 Å². The highest BCUT2D eigenvalue weighted by atomic mass is 35.5. The Morgan fingerprint density at radius 2 is 2.06 bits per heavy atom.